The number of urea groups is 1. The van der Waals surface area contributed by atoms with Crippen molar-refractivity contribution in [2.45, 2.75) is 18.9 Å². The molecule has 2 aromatic rings. The second-order valence-electron chi connectivity index (χ2n) is 8.79. The largest absolute Gasteiger partial charge is 0.460 e. The summed E-state index contributed by atoms with van der Waals surface area (Å²) in [5.41, 5.74) is 0.914. The normalized spacial score (nSPS) is 22.3. The highest BCUT2D eigenvalue weighted by Crippen LogP contribution is 2.38. The molecule has 2 amide bonds. The van der Waals surface area contributed by atoms with E-state index in [-0.39, 0.29) is 37.0 Å². The van der Waals surface area contributed by atoms with Crippen LogP contribution in [0.25, 0.3) is 0 Å². The molecule has 4 rings (SSSR count). The fourth-order valence-corrected chi connectivity index (χ4v) is 5.72. The lowest BCUT2D eigenvalue weighted by Crippen LogP contribution is -2.53. The van der Waals surface area contributed by atoms with Crippen molar-refractivity contribution in [1.29, 1.82) is 0 Å². The van der Waals surface area contributed by atoms with Crippen LogP contribution in [0.1, 0.15) is 18.4 Å². The summed E-state index contributed by atoms with van der Waals surface area (Å²) in [6, 6.07) is 5.29. The Balaban J connectivity index is 1.52. The Labute approximate surface area is 213 Å². The second kappa shape index (κ2) is 10.4. The SMILES string of the molecule is C[C@@H](Oc1ncc(F)cn1)[C@@H]1CN(C(=O)N2CCN(S(C)(=O)=O)CC2)C[C@H]1c1ccc(Cl)c(Cl)c1. The molecule has 0 unspecified atom stereocenters. The number of halogens is 3. The van der Waals surface area contributed by atoms with Crippen LogP contribution in [0.3, 0.4) is 0 Å². The van der Waals surface area contributed by atoms with Gasteiger partial charge in [-0.15, -0.1) is 0 Å². The van der Waals surface area contributed by atoms with Gasteiger partial charge in [0.05, 0.1) is 28.7 Å². The van der Waals surface area contributed by atoms with E-state index in [1.54, 1.807) is 21.9 Å². The number of hydrogen-bond acceptors (Lipinski definition) is 6. The molecule has 3 atom stereocenters. The predicted molar refractivity (Wildman–Crippen MR) is 130 cm³/mol. The van der Waals surface area contributed by atoms with Crippen LogP contribution in [0, 0.1) is 11.7 Å². The summed E-state index contributed by atoms with van der Waals surface area (Å²) in [5, 5.41) is 0.852. The van der Waals surface area contributed by atoms with Gasteiger partial charge in [-0.3, -0.25) is 0 Å². The first-order chi connectivity index (χ1) is 16.5. The van der Waals surface area contributed by atoms with Crippen LogP contribution in [-0.2, 0) is 10.0 Å². The topological polar surface area (TPSA) is 95.9 Å². The summed E-state index contributed by atoms with van der Waals surface area (Å²) in [6.07, 6.45) is 2.84. The van der Waals surface area contributed by atoms with E-state index in [4.69, 9.17) is 27.9 Å². The van der Waals surface area contributed by atoms with Crippen molar-refractivity contribution in [3.63, 3.8) is 0 Å². The number of ether oxygens (including phenoxy) is 1. The molecule has 1 aromatic heterocycles. The Hall–Kier alpha value is -2.21. The van der Waals surface area contributed by atoms with Crippen LogP contribution in [0.5, 0.6) is 6.01 Å². The lowest BCUT2D eigenvalue weighted by Gasteiger charge is -2.35. The Bertz CT molecular complexity index is 1180. The van der Waals surface area contributed by atoms with Gasteiger partial charge in [0.15, 0.2) is 5.82 Å². The van der Waals surface area contributed by atoms with Crippen molar-refractivity contribution in [2.24, 2.45) is 5.92 Å². The number of rotatable bonds is 5. The molecule has 3 heterocycles. The summed E-state index contributed by atoms with van der Waals surface area (Å²) in [6.45, 7) is 3.85. The molecule has 2 saturated heterocycles. The molecule has 0 aliphatic carbocycles. The highest BCUT2D eigenvalue weighted by molar-refractivity contribution is 7.88. The van der Waals surface area contributed by atoms with Gasteiger partial charge in [0.2, 0.25) is 10.0 Å². The maximum absolute atomic E-state index is 13.3. The molecule has 0 radical (unpaired) electrons. The minimum absolute atomic E-state index is 0.0495. The van der Waals surface area contributed by atoms with Gasteiger partial charge < -0.3 is 14.5 Å². The molecule has 35 heavy (non-hydrogen) atoms. The summed E-state index contributed by atoms with van der Waals surface area (Å²) < 4.78 is 44.1. The third-order valence-corrected chi connectivity index (χ3v) is 8.52. The standard InChI is InChI=1S/C22H26Cl2FN5O4S/c1-14(34-21-26-10-16(25)11-27-21)17-12-29(13-18(17)15-3-4-19(23)20(24)9-15)22(31)28-5-7-30(8-6-28)35(2,32)33/h3-4,9-11,14,17-18H,5-8,12-13H2,1-2H3/t14-,17+,18+/m1/s1. The van der Waals surface area contributed by atoms with Gasteiger partial charge in [-0.25, -0.2) is 27.6 Å². The molecular weight excluding hydrogens is 520 g/mol. The number of benzene rings is 1. The lowest BCUT2D eigenvalue weighted by molar-refractivity contribution is 0.123. The van der Waals surface area contributed by atoms with Crippen molar-refractivity contribution in [3.05, 3.63) is 52.0 Å². The van der Waals surface area contributed by atoms with E-state index in [1.165, 1.54) is 10.6 Å². The van der Waals surface area contributed by atoms with Gasteiger partial charge in [0.25, 0.3) is 0 Å². The van der Waals surface area contributed by atoms with E-state index in [9.17, 15) is 17.6 Å². The van der Waals surface area contributed by atoms with E-state index in [0.29, 0.717) is 36.2 Å². The van der Waals surface area contributed by atoms with Crippen LogP contribution < -0.4 is 4.74 Å². The van der Waals surface area contributed by atoms with Gasteiger partial charge in [0.1, 0.15) is 6.10 Å². The molecule has 0 spiro atoms. The zero-order valence-electron chi connectivity index (χ0n) is 19.3. The molecule has 190 valence electrons. The van der Waals surface area contributed by atoms with Crippen molar-refractivity contribution in [1.82, 2.24) is 24.1 Å². The Morgan fingerprint density at radius 2 is 1.74 bits per heavy atom. The average molecular weight is 546 g/mol. The van der Waals surface area contributed by atoms with Gasteiger partial charge in [0, 0.05) is 51.1 Å². The Morgan fingerprint density at radius 1 is 1.09 bits per heavy atom. The minimum atomic E-state index is -3.29. The number of piperazine rings is 1. The van der Waals surface area contributed by atoms with E-state index in [1.807, 2.05) is 13.0 Å². The summed E-state index contributed by atoms with van der Waals surface area (Å²) >= 11 is 12.4. The van der Waals surface area contributed by atoms with Gasteiger partial charge in [-0.2, -0.15) is 4.31 Å². The highest BCUT2D eigenvalue weighted by atomic mass is 35.5. The average Bonchev–Trinajstić information content (AvgIpc) is 3.27. The molecular formula is C22H26Cl2FN5O4S. The van der Waals surface area contributed by atoms with E-state index in [0.717, 1.165) is 18.0 Å². The number of amides is 2. The molecule has 9 nitrogen and oxygen atoms in total. The van der Waals surface area contributed by atoms with Crippen molar-refractivity contribution in [2.75, 3.05) is 45.5 Å². The molecule has 1 aromatic carbocycles. The third-order valence-electron chi connectivity index (χ3n) is 6.48. The molecule has 2 fully saturated rings. The molecule has 2 aliphatic rings. The maximum Gasteiger partial charge on any atom is 0.320 e. The number of likely N-dealkylation sites (tertiary alicyclic amines) is 1. The van der Waals surface area contributed by atoms with Gasteiger partial charge >= 0.3 is 12.0 Å². The second-order valence-corrected chi connectivity index (χ2v) is 11.6. The van der Waals surface area contributed by atoms with Gasteiger partial charge in [-0.1, -0.05) is 29.3 Å². The molecule has 0 bridgehead atoms. The Morgan fingerprint density at radius 3 is 2.34 bits per heavy atom. The van der Waals surface area contributed by atoms with Crippen LogP contribution in [0.4, 0.5) is 9.18 Å². The van der Waals surface area contributed by atoms with E-state index < -0.39 is 21.9 Å². The molecule has 0 N–H and O–H groups in total. The van der Waals surface area contributed by atoms with E-state index >= 15 is 0 Å². The third kappa shape index (κ3) is 5.96. The minimum Gasteiger partial charge on any atom is -0.460 e. The first-order valence-corrected chi connectivity index (χ1v) is 13.7. The highest BCUT2D eigenvalue weighted by Gasteiger charge is 2.42. The number of nitrogens with zero attached hydrogens (tertiary/aromatic N) is 5. The fraction of sp³-hybridized carbons (Fsp3) is 0.500. The summed E-state index contributed by atoms with van der Waals surface area (Å²) in [4.78, 5) is 24.5. The quantitative estimate of drug-likeness (QED) is 0.572. The lowest BCUT2D eigenvalue weighted by atomic mass is 9.86. The van der Waals surface area contributed by atoms with E-state index in [2.05, 4.69) is 9.97 Å². The van der Waals surface area contributed by atoms with Crippen LogP contribution in [0.2, 0.25) is 10.0 Å². The van der Waals surface area contributed by atoms with Gasteiger partial charge in [-0.05, 0) is 24.6 Å². The fourth-order valence-electron chi connectivity index (χ4n) is 4.58. The zero-order chi connectivity index (χ0) is 25.3. The van der Waals surface area contributed by atoms with Crippen LogP contribution >= 0.6 is 23.2 Å². The molecule has 0 saturated carbocycles. The smallest absolute Gasteiger partial charge is 0.320 e. The first-order valence-electron chi connectivity index (χ1n) is 11.1. The Kier molecular flexibility index (Phi) is 7.70. The monoisotopic (exact) mass is 545 g/mol. The predicted octanol–water partition coefficient (Wildman–Crippen LogP) is 3.10. The number of carbonyl (C=O) groups excluding carboxylic acids is 1. The maximum atomic E-state index is 13.3. The molecule has 2 aliphatic heterocycles. The number of hydrogen-bond donors (Lipinski definition) is 0. The zero-order valence-corrected chi connectivity index (χ0v) is 21.6. The van der Waals surface area contributed by atoms with Crippen LogP contribution in [-0.4, -0.2) is 90.2 Å². The molecule has 13 heteroatoms. The van der Waals surface area contributed by atoms with Crippen molar-refractivity contribution < 1.29 is 22.3 Å². The van der Waals surface area contributed by atoms with Crippen molar-refractivity contribution in [3.8, 4) is 6.01 Å². The first kappa shape index (κ1) is 25.9. The number of carbonyl (C=O) groups is 1. The summed E-state index contributed by atoms with van der Waals surface area (Å²) in [5.74, 6) is -0.809. The van der Waals surface area contributed by atoms with Crippen molar-refractivity contribution >= 4 is 39.3 Å². The van der Waals surface area contributed by atoms with Crippen LogP contribution in [0.15, 0.2) is 30.6 Å². The number of aromatic nitrogens is 2. The summed E-state index contributed by atoms with van der Waals surface area (Å²) in [7, 11) is -3.29. The number of sulfonamides is 1.